The maximum absolute atomic E-state index is 12.1. The summed E-state index contributed by atoms with van der Waals surface area (Å²) in [4.78, 5) is 18.8. The van der Waals surface area contributed by atoms with Crippen molar-refractivity contribution in [2.75, 3.05) is 35.4 Å². The number of fused-ring (bicyclic) bond motifs is 1. The van der Waals surface area contributed by atoms with Crippen LogP contribution in [0.15, 0.2) is 36.5 Å². The largest absolute Gasteiger partial charge is 0.454 e. The number of anilines is 3. The molecule has 3 heterocycles. The predicted molar refractivity (Wildman–Crippen MR) is 90.9 cm³/mol. The molecule has 1 fully saturated rings. The van der Waals surface area contributed by atoms with E-state index in [2.05, 4.69) is 20.5 Å². The maximum Gasteiger partial charge on any atom is 0.323 e. The second kappa shape index (κ2) is 6.27. The summed E-state index contributed by atoms with van der Waals surface area (Å²) in [6, 6.07) is 8.73. The first-order valence-corrected chi connectivity index (χ1v) is 7.96. The minimum atomic E-state index is -0.329. The molecular formula is C17H18N4O3. The Balaban J connectivity index is 1.37. The van der Waals surface area contributed by atoms with Crippen molar-refractivity contribution in [3.05, 3.63) is 36.5 Å². The molecule has 2 aliphatic rings. The molecular weight excluding hydrogens is 308 g/mol. The molecule has 0 unspecified atom stereocenters. The second-order valence-corrected chi connectivity index (χ2v) is 5.75. The van der Waals surface area contributed by atoms with E-state index in [1.165, 1.54) is 12.8 Å². The molecule has 2 N–H and O–H groups in total. The Morgan fingerprint density at radius 2 is 1.75 bits per heavy atom. The number of carbonyl (C=O) groups is 1. The molecule has 7 heteroatoms. The molecule has 2 amide bonds. The number of nitrogens with zero attached hydrogens (tertiary/aromatic N) is 2. The van der Waals surface area contributed by atoms with Crippen LogP contribution in [0.5, 0.6) is 11.5 Å². The third-order valence-electron chi connectivity index (χ3n) is 4.07. The molecule has 0 saturated carbocycles. The summed E-state index contributed by atoms with van der Waals surface area (Å²) in [6.45, 7) is 2.30. The van der Waals surface area contributed by atoms with Gasteiger partial charge in [-0.3, -0.25) is 0 Å². The zero-order valence-corrected chi connectivity index (χ0v) is 13.1. The third-order valence-corrected chi connectivity index (χ3v) is 4.07. The summed E-state index contributed by atoms with van der Waals surface area (Å²) in [6.07, 6.45) is 4.09. The van der Waals surface area contributed by atoms with Crippen molar-refractivity contribution in [1.29, 1.82) is 0 Å². The van der Waals surface area contributed by atoms with Crippen LogP contribution in [0.25, 0.3) is 0 Å². The van der Waals surface area contributed by atoms with Crippen molar-refractivity contribution in [1.82, 2.24) is 4.98 Å². The van der Waals surface area contributed by atoms with Gasteiger partial charge in [-0.2, -0.15) is 0 Å². The maximum atomic E-state index is 12.1. The number of hydrogen-bond acceptors (Lipinski definition) is 5. The Kier molecular flexibility index (Phi) is 3.82. The zero-order valence-electron chi connectivity index (χ0n) is 13.1. The number of carbonyl (C=O) groups excluding carboxylic acids is 1. The fourth-order valence-corrected chi connectivity index (χ4v) is 2.86. The molecule has 0 bridgehead atoms. The lowest BCUT2D eigenvalue weighted by Gasteiger charge is -2.16. The number of urea groups is 1. The summed E-state index contributed by atoms with van der Waals surface area (Å²) in [5.41, 5.74) is 1.29. The Labute approximate surface area is 139 Å². The molecule has 2 aliphatic heterocycles. The summed E-state index contributed by atoms with van der Waals surface area (Å²) in [5, 5.41) is 5.54. The molecule has 2 aromatic rings. The number of nitrogens with one attached hydrogen (secondary N) is 2. The topological polar surface area (TPSA) is 75.7 Å². The summed E-state index contributed by atoms with van der Waals surface area (Å²) < 4.78 is 10.5. The molecule has 0 radical (unpaired) electrons. The van der Waals surface area contributed by atoms with E-state index < -0.39 is 0 Å². The van der Waals surface area contributed by atoms with Gasteiger partial charge in [0.15, 0.2) is 11.5 Å². The summed E-state index contributed by atoms with van der Waals surface area (Å²) in [5.74, 6) is 2.27. The van der Waals surface area contributed by atoms with Crippen molar-refractivity contribution >= 4 is 23.2 Å². The number of amides is 2. The molecule has 124 valence electrons. The van der Waals surface area contributed by atoms with E-state index in [0.29, 0.717) is 22.9 Å². The third kappa shape index (κ3) is 3.05. The Hall–Kier alpha value is -2.96. The molecule has 0 atom stereocenters. The van der Waals surface area contributed by atoms with Gasteiger partial charge in [0, 0.05) is 24.8 Å². The number of benzene rings is 1. The average Bonchev–Trinajstić information content (AvgIpc) is 3.26. The van der Waals surface area contributed by atoms with E-state index in [0.717, 1.165) is 18.9 Å². The smallest absolute Gasteiger partial charge is 0.323 e. The first-order chi connectivity index (χ1) is 11.8. The number of aromatic nitrogens is 1. The molecule has 24 heavy (non-hydrogen) atoms. The van der Waals surface area contributed by atoms with Gasteiger partial charge in [0.2, 0.25) is 6.79 Å². The fourth-order valence-electron chi connectivity index (χ4n) is 2.86. The molecule has 1 aromatic heterocycles. The number of pyridine rings is 1. The van der Waals surface area contributed by atoms with Gasteiger partial charge in [0.25, 0.3) is 0 Å². The summed E-state index contributed by atoms with van der Waals surface area (Å²) in [7, 11) is 0. The van der Waals surface area contributed by atoms with Gasteiger partial charge in [0.1, 0.15) is 5.82 Å². The normalized spacial score (nSPS) is 15.4. The lowest BCUT2D eigenvalue weighted by molar-refractivity contribution is 0.174. The second-order valence-electron chi connectivity index (χ2n) is 5.75. The number of rotatable bonds is 3. The summed E-state index contributed by atoms with van der Waals surface area (Å²) >= 11 is 0. The minimum Gasteiger partial charge on any atom is -0.454 e. The van der Waals surface area contributed by atoms with E-state index in [1.54, 1.807) is 24.4 Å². The molecule has 0 aliphatic carbocycles. The van der Waals surface area contributed by atoms with Crippen molar-refractivity contribution in [3.8, 4) is 11.5 Å². The van der Waals surface area contributed by atoms with Gasteiger partial charge in [0.05, 0.1) is 11.9 Å². The van der Waals surface area contributed by atoms with E-state index in [1.807, 2.05) is 12.1 Å². The predicted octanol–water partition coefficient (Wildman–Crippen LogP) is 3.05. The van der Waals surface area contributed by atoms with Crippen molar-refractivity contribution in [2.24, 2.45) is 0 Å². The van der Waals surface area contributed by atoms with Crippen LogP contribution in [0, 0.1) is 0 Å². The van der Waals surface area contributed by atoms with E-state index in [-0.39, 0.29) is 12.8 Å². The van der Waals surface area contributed by atoms with Crippen molar-refractivity contribution in [2.45, 2.75) is 12.8 Å². The van der Waals surface area contributed by atoms with Crippen LogP contribution < -0.4 is 25.0 Å². The minimum absolute atomic E-state index is 0.208. The quantitative estimate of drug-likeness (QED) is 0.906. The molecule has 1 aromatic carbocycles. The standard InChI is InChI=1S/C17H18N4O3/c22-17(19-12-3-5-14-15(9-12)24-11-23-14)20-13-4-6-16(18-10-13)21-7-1-2-8-21/h3-6,9-10H,1-2,7-8,11H2,(H2,19,20,22). The van der Waals surface area contributed by atoms with Gasteiger partial charge in [-0.25, -0.2) is 9.78 Å². The highest BCUT2D eigenvalue weighted by atomic mass is 16.7. The first-order valence-electron chi connectivity index (χ1n) is 7.96. The van der Waals surface area contributed by atoms with Crippen LogP contribution in [0.2, 0.25) is 0 Å². The van der Waals surface area contributed by atoms with Gasteiger partial charge < -0.3 is 25.0 Å². The molecule has 7 nitrogen and oxygen atoms in total. The first kappa shape index (κ1) is 14.6. The fraction of sp³-hybridized carbons (Fsp3) is 0.294. The van der Waals surface area contributed by atoms with E-state index >= 15 is 0 Å². The number of hydrogen-bond donors (Lipinski definition) is 2. The highest BCUT2D eigenvalue weighted by Gasteiger charge is 2.15. The lowest BCUT2D eigenvalue weighted by atomic mass is 10.3. The average molecular weight is 326 g/mol. The zero-order chi connectivity index (χ0) is 16.4. The van der Waals surface area contributed by atoms with Gasteiger partial charge in [-0.05, 0) is 37.1 Å². The van der Waals surface area contributed by atoms with Crippen LogP contribution in [-0.2, 0) is 0 Å². The van der Waals surface area contributed by atoms with Crippen LogP contribution in [0.4, 0.5) is 22.0 Å². The Morgan fingerprint density at radius 1 is 1.00 bits per heavy atom. The van der Waals surface area contributed by atoms with Gasteiger partial charge in [-0.15, -0.1) is 0 Å². The highest BCUT2D eigenvalue weighted by Crippen LogP contribution is 2.34. The highest BCUT2D eigenvalue weighted by molar-refractivity contribution is 5.99. The van der Waals surface area contributed by atoms with Crippen LogP contribution >= 0.6 is 0 Å². The van der Waals surface area contributed by atoms with E-state index in [4.69, 9.17) is 9.47 Å². The SMILES string of the molecule is O=C(Nc1ccc(N2CCCC2)nc1)Nc1ccc2c(c1)OCO2. The molecule has 1 saturated heterocycles. The Morgan fingerprint density at radius 3 is 2.54 bits per heavy atom. The number of ether oxygens (including phenoxy) is 2. The van der Waals surface area contributed by atoms with Gasteiger partial charge in [-0.1, -0.05) is 0 Å². The molecule has 4 rings (SSSR count). The van der Waals surface area contributed by atoms with Crippen LogP contribution in [-0.4, -0.2) is 30.9 Å². The van der Waals surface area contributed by atoms with Crippen LogP contribution in [0.1, 0.15) is 12.8 Å². The lowest BCUT2D eigenvalue weighted by Crippen LogP contribution is -2.21. The molecule has 0 spiro atoms. The monoisotopic (exact) mass is 326 g/mol. The van der Waals surface area contributed by atoms with Crippen LogP contribution in [0.3, 0.4) is 0 Å². The van der Waals surface area contributed by atoms with E-state index in [9.17, 15) is 4.79 Å². The van der Waals surface area contributed by atoms with Gasteiger partial charge >= 0.3 is 6.03 Å². The van der Waals surface area contributed by atoms with Crippen molar-refractivity contribution < 1.29 is 14.3 Å². The Bertz CT molecular complexity index is 742. The van der Waals surface area contributed by atoms with Crippen molar-refractivity contribution in [3.63, 3.8) is 0 Å².